The van der Waals surface area contributed by atoms with Gasteiger partial charge in [0, 0.05) is 10.6 Å². The highest BCUT2D eigenvalue weighted by Gasteiger charge is 2.12. The summed E-state index contributed by atoms with van der Waals surface area (Å²) in [6, 6.07) is 7.05. The van der Waals surface area contributed by atoms with Crippen LogP contribution in [-0.4, -0.2) is 22.7 Å². The predicted molar refractivity (Wildman–Crippen MR) is 65.1 cm³/mol. The van der Waals surface area contributed by atoms with Crippen LogP contribution in [0.25, 0.3) is 11.5 Å². The number of benzene rings is 1. The van der Waals surface area contributed by atoms with Crippen LogP contribution in [0, 0.1) is 0 Å². The molecule has 0 saturated heterocycles. The van der Waals surface area contributed by atoms with Crippen molar-refractivity contribution in [2.24, 2.45) is 0 Å². The molecule has 0 amide bonds. The zero-order valence-corrected chi connectivity index (χ0v) is 10.5. The topological polar surface area (TPSA) is 65.2 Å². The van der Waals surface area contributed by atoms with E-state index in [1.54, 1.807) is 31.2 Å². The fraction of sp³-hybridized carbons (Fsp3) is 0.250. The highest BCUT2D eigenvalue weighted by atomic mass is 35.5. The quantitative estimate of drug-likeness (QED) is 0.796. The van der Waals surface area contributed by atoms with E-state index in [9.17, 15) is 4.79 Å². The van der Waals surface area contributed by atoms with E-state index in [1.807, 2.05) is 0 Å². The number of halogens is 1. The van der Waals surface area contributed by atoms with Gasteiger partial charge in [-0.1, -0.05) is 22.8 Å². The summed E-state index contributed by atoms with van der Waals surface area (Å²) in [5.41, 5.74) is 0.713. The van der Waals surface area contributed by atoms with Crippen molar-refractivity contribution < 1.29 is 14.1 Å². The number of ether oxygens (including phenoxy) is 1. The molecule has 0 unspecified atom stereocenters. The normalized spacial score (nSPS) is 10.3. The summed E-state index contributed by atoms with van der Waals surface area (Å²) < 4.78 is 9.86. The molecule has 18 heavy (non-hydrogen) atoms. The SMILES string of the molecule is CCOC(=O)Cc1noc(-c2cccc(Cl)c2)n1. The van der Waals surface area contributed by atoms with Crippen molar-refractivity contribution in [1.29, 1.82) is 0 Å². The van der Waals surface area contributed by atoms with E-state index in [-0.39, 0.29) is 12.4 Å². The molecule has 94 valence electrons. The van der Waals surface area contributed by atoms with E-state index < -0.39 is 0 Å². The number of rotatable bonds is 4. The van der Waals surface area contributed by atoms with Gasteiger partial charge in [0.15, 0.2) is 5.82 Å². The van der Waals surface area contributed by atoms with Crippen LogP contribution < -0.4 is 0 Å². The summed E-state index contributed by atoms with van der Waals surface area (Å²) in [4.78, 5) is 15.4. The lowest BCUT2D eigenvalue weighted by Gasteiger charge is -1.96. The summed E-state index contributed by atoms with van der Waals surface area (Å²) in [7, 11) is 0. The predicted octanol–water partition coefficient (Wildman–Crippen LogP) is 2.50. The van der Waals surface area contributed by atoms with Crippen LogP contribution in [-0.2, 0) is 16.0 Å². The largest absolute Gasteiger partial charge is 0.466 e. The van der Waals surface area contributed by atoms with Crippen molar-refractivity contribution in [2.75, 3.05) is 6.61 Å². The monoisotopic (exact) mass is 266 g/mol. The third-order valence-electron chi connectivity index (χ3n) is 2.15. The number of carbonyl (C=O) groups excluding carboxylic acids is 1. The third kappa shape index (κ3) is 3.07. The minimum Gasteiger partial charge on any atom is -0.466 e. The van der Waals surface area contributed by atoms with Crippen LogP contribution in [0.15, 0.2) is 28.8 Å². The van der Waals surface area contributed by atoms with E-state index in [2.05, 4.69) is 10.1 Å². The smallest absolute Gasteiger partial charge is 0.313 e. The molecule has 5 nitrogen and oxygen atoms in total. The number of aromatic nitrogens is 2. The van der Waals surface area contributed by atoms with E-state index in [4.69, 9.17) is 20.9 Å². The minimum absolute atomic E-state index is 0.00208. The van der Waals surface area contributed by atoms with Gasteiger partial charge >= 0.3 is 5.97 Å². The van der Waals surface area contributed by atoms with Gasteiger partial charge in [-0.15, -0.1) is 0 Å². The van der Waals surface area contributed by atoms with E-state index in [0.29, 0.717) is 28.9 Å². The molecule has 0 atom stereocenters. The molecule has 0 spiro atoms. The lowest BCUT2D eigenvalue weighted by atomic mass is 10.2. The van der Waals surface area contributed by atoms with Crippen LogP contribution in [0.5, 0.6) is 0 Å². The van der Waals surface area contributed by atoms with Gasteiger partial charge in [-0.25, -0.2) is 0 Å². The first-order valence-corrected chi connectivity index (χ1v) is 5.81. The minimum atomic E-state index is -0.379. The Labute approximate surface area is 109 Å². The van der Waals surface area contributed by atoms with Crippen LogP contribution in [0.4, 0.5) is 0 Å². The molecule has 1 aromatic carbocycles. The standard InChI is InChI=1S/C12H11ClN2O3/c1-2-17-11(16)7-10-14-12(18-15-10)8-4-3-5-9(13)6-8/h3-6H,2,7H2,1H3. The molecule has 0 aliphatic rings. The summed E-state index contributed by atoms with van der Waals surface area (Å²) >= 11 is 5.86. The highest BCUT2D eigenvalue weighted by molar-refractivity contribution is 6.30. The van der Waals surface area contributed by atoms with Crippen LogP contribution >= 0.6 is 11.6 Å². The maximum atomic E-state index is 11.2. The van der Waals surface area contributed by atoms with E-state index in [0.717, 1.165) is 0 Å². The average molecular weight is 267 g/mol. The third-order valence-corrected chi connectivity index (χ3v) is 2.38. The van der Waals surface area contributed by atoms with E-state index in [1.165, 1.54) is 0 Å². The second kappa shape index (κ2) is 5.64. The Morgan fingerprint density at radius 3 is 3.06 bits per heavy atom. The number of nitrogens with zero attached hydrogens (tertiary/aromatic N) is 2. The van der Waals surface area contributed by atoms with Gasteiger partial charge < -0.3 is 9.26 Å². The second-order valence-electron chi connectivity index (χ2n) is 3.51. The molecule has 6 heteroatoms. The van der Waals surface area contributed by atoms with Crippen molar-refractivity contribution in [1.82, 2.24) is 10.1 Å². The van der Waals surface area contributed by atoms with Gasteiger partial charge in [0.05, 0.1) is 6.61 Å². The molecular weight excluding hydrogens is 256 g/mol. The Morgan fingerprint density at radius 2 is 2.33 bits per heavy atom. The molecule has 0 saturated carbocycles. The number of hydrogen-bond acceptors (Lipinski definition) is 5. The lowest BCUT2D eigenvalue weighted by molar-refractivity contribution is -0.142. The molecule has 1 heterocycles. The van der Waals surface area contributed by atoms with Gasteiger partial charge in [0.25, 0.3) is 5.89 Å². The maximum Gasteiger partial charge on any atom is 0.313 e. The maximum absolute atomic E-state index is 11.2. The molecule has 1 aromatic heterocycles. The van der Waals surface area contributed by atoms with Gasteiger partial charge in [-0.3, -0.25) is 4.79 Å². The zero-order valence-electron chi connectivity index (χ0n) is 9.72. The highest BCUT2D eigenvalue weighted by Crippen LogP contribution is 2.20. The van der Waals surface area contributed by atoms with Gasteiger partial charge in [0.2, 0.25) is 0 Å². The van der Waals surface area contributed by atoms with Crippen LogP contribution in [0.1, 0.15) is 12.7 Å². The molecule has 0 bridgehead atoms. The lowest BCUT2D eigenvalue weighted by Crippen LogP contribution is -2.08. The Kier molecular flexibility index (Phi) is 3.94. The number of carbonyl (C=O) groups is 1. The van der Waals surface area contributed by atoms with Crippen molar-refractivity contribution in [3.05, 3.63) is 35.1 Å². The Morgan fingerprint density at radius 1 is 1.50 bits per heavy atom. The van der Waals surface area contributed by atoms with Crippen LogP contribution in [0.3, 0.4) is 0 Å². The first-order valence-electron chi connectivity index (χ1n) is 5.43. The van der Waals surface area contributed by atoms with Gasteiger partial charge in [-0.2, -0.15) is 4.98 Å². The summed E-state index contributed by atoms with van der Waals surface area (Å²) in [5, 5.41) is 4.30. The zero-order chi connectivity index (χ0) is 13.0. The molecule has 0 radical (unpaired) electrons. The van der Waals surface area contributed by atoms with Gasteiger partial charge in [-0.05, 0) is 25.1 Å². The Bertz CT molecular complexity index is 554. The van der Waals surface area contributed by atoms with Crippen molar-refractivity contribution in [2.45, 2.75) is 13.3 Å². The first kappa shape index (κ1) is 12.6. The first-order chi connectivity index (χ1) is 8.69. The molecule has 0 N–H and O–H groups in total. The van der Waals surface area contributed by atoms with E-state index >= 15 is 0 Å². The van der Waals surface area contributed by atoms with Crippen LogP contribution in [0.2, 0.25) is 5.02 Å². The summed E-state index contributed by atoms with van der Waals surface area (Å²) in [6.07, 6.45) is -0.00208. The van der Waals surface area contributed by atoms with Crippen molar-refractivity contribution >= 4 is 17.6 Å². The molecule has 0 fully saturated rings. The van der Waals surface area contributed by atoms with Crippen molar-refractivity contribution in [3.63, 3.8) is 0 Å². The molecule has 0 aliphatic heterocycles. The summed E-state index contributed by atoms with van der Waals surface area (Å²) in [6.45, 7) is 2.07. The molecule has 2 rings (SSSR count). The van der Waals surface area contributed by atoms with Gasteiger partial charge in [0.1, 0.15) is 6.42 Å². The molecule has 2 aromatic rings. The Hall–Kier alpha value is -1.88. The number of hydrogen-bond donors (Lipinski definition) is 0. The molecule has 0 aliphatic carbocycles. The fourth-order valence-electron chi connectivity index (χ4n) is 1.41. The second-order valence-corrected chi connectivity index (χ2v) is 3.94. The van der Waals surface area contributed by atoms with Crippen molar-refractivity contribution in [3.8, 4) is 11.5 Å². The molecular formula is C12H11ClN2O3. The number of esters is 1. The summed E-state index contributed by atoms with van der Waals surface area (Å²) in [5.74, 6) is 0.246. The Balaban J connectivity index is 2.13. The fourth-order valence-corrected chi connectivity index (χ4v) is 1.60. The average Bonchev–Trinajstić information content (AvgIpc) is 2.78.